The van der Waals surface area contributed by atoms with Crippen molar-refractivity contribution in [2.45, 2.75) is 11.7 Å². The Labute approximate surface area is 64.6 Å². The summed E-state index contributed by atoms with van der Waals surface area (Å²) >= 11 is 3.88. The van der Waals surface area contributed by atoms with E-state index < -0.39 is 0 Å². The minimum Gasteiger partial charge on any atom is -0.395 e. The van der Waals surface area contributed by atoms with Gasteiger partial charge in [0.05, 0.1) is 6.61 Å². The molecule has 1 heterocycles. The highest BCUT2D eigenvalue weighted by Gasteiger charge is 2.10. The largest absolute Gasteiger partial charge is 0.395 e. The summed E-state index contributed by atoms with van der Waals surface area (Å²) in [6, 6.07) is 0. The Kier molecular flexibility index (Phi) is 3.86. The molecule has 9 heavy (non-hydrogen) atoms. The zero-order valence-electron chi connectivity index (χ0n) is 5.38. The van der Waals surface area contributed by atoms with Crippen LogP contribution >= 0.6 is 23.5 Å². The first-order chi connectivity index (χ1) is 4.43. The maximum Gasteiger partial charge on any atom is 0.0558 e. The molecule has 1 unspecified atom stereocenters. The molecule has 54 valence electrons. The van der Waals surface area contributed by atoms with Crippen LogP contribution in [0.15, 0.2) is 0 Å². The quantitative estimate of drug-likeness (QED) is 0.629. The predicted molar refractivity (Wildman–Crippen MR) is 45.3 cm³/mol. The van der Waals surface area contributed by atoms with Gasteiger partial charge in [-0.1, -0.05) is 0 Å². The van der Waals surface area contributed by atoms with Crippen molar-refractivity contribution in [1.82, 2.24) is 0 Å². The highest BCUT2D eigenvalue weighted by Crippen LogP contribution is 2.22. The minimum absolute atomic E-state index is 0.359. The van der Waals surface area contributed by atoms with Gasteiger partial charge in [-0.2, -0.15) is 23.5 Å². The van der Waals surface area contributed by atoms with Gasteiger partial charge in [0.15, 0.2) is 0 Å². The molecule has 0 aliphatic carbocycles. The molecular weight excluding hydrogens is 152 g/mol. The van der Waals surface area contributed by atoms with E-state index in [9.17, 15) is 0 Å². The number of hydrogen-bond donors (Lipinski definition) is 1. The average Bonchev–Trinajstić information content (AvgIpc) is 2.13. The molecule has 0 aromatic carbocycles. The molecule has 1 N–H and O–H groups in total. The number of thioether (sulfide) groups is 2. The molecule has 1 saturated heterocycles. The fourth-order valence-electron chi connectivity index (χ4n) is 0.779. The Morgan fingerprint density at radius 3 is 3.11 bits per heavy atom. The van der Waals surface area contributed by atoms with Crippen molar-refractivity contribution in [1.29, 1.82) is 0 Å². The van der Waals surface area contributed by atoms with Gasteiger partial charge in [0, 0.05) is 11.0 Å². The summed E-state index contributed by atoms with van der Waals surface area (Å²) in [5, 5.41) is 9.29. The third kappa shape index (κ3) is 2.83. The average molecular weight is 164 g/mol. The lowest BCUT2D eigenvalue weighted by Crippen LogP contribution is -2.10. The molecule has 0 aromatic heterocycles. The van der Waals surface area contributed by atoms with Crippen molar-refractivity contribution in [3.05, 3.63) is 0 Å². The van der Waals surface area contributed by atoms with Gasteiger partial charge in [0.1, 0.15) is 0 Å². The first-order valence-electron chi connectivity index (χ1n) is 3.23. The molecule has 1 fully saturated rings. The smallest absolute Gasteiger partial charge is 0.0558 e. The summed E-state index contributed by atoms with van der Waals surface area (Å²) in [6.07, 6.45) is 1.31. The van der Waals surface area contributed by atoms with Gasteiger partial charge in [0.2, 0.25) is 0 Å². The van der Waals surface area contributed by atoms with Crippen molar-refractivity contribution in [3.63, 3.8) is 0 Å². The molecule has 1 aliphatic heterocycles. The second kappa shape index (κ2) is 4.47. The van der Waals surface area contributed by atoms with Crippen LogP contribution in [0.1, 0.15) is 6.42 Å². The van der Waals surface area contributed by atoms with Crippen LogP contribution in [0, 0.1) is 0 Å². The van der Waals surface area contributed by atoms with Gasteiger partial charge in [-0.15, -0.1) is 0 Å². The van der Waals surface area contributed by atoms with Crippen molar-refractivity contribution in [2.75, 3.05) is 23.9 Å². The number of rotatable bonds is 1. The monoisotopic (exact) mass is 164 g/mol. The summed E-state index contributed by atoms with van der Waals surface area (Å²) in [4.78, 5) is 0. The van der Waals surface area contributed by atoms with Crippen LogP contribution in [0.2, 0.25) is 0 Å². The standard InChI is InChI=1S/C6H12OS2/c7-4-6-5-8-2-1-3-9-6/h6-7H,1-5H2. The molecule has 1 aliphatic rings. The normalized spacial score (nSPS) is 29.7. The van der Waals surface area contributed by atoms with Crippen molar-refractivity contribution in [2.24, 2.45) is 0 Å². The lowest BCUT2D eigenvalue weighted by molar-refractivity contribution is 0.301. The Morgan fingerprint density at radius 2 is 2.33 bits per heavy atom. The van der Waals surface area contributed by atoms with E-state index in [4.69, 9.17) is 5.11 Å². The lowest BCUT2D eigenvalue weighted by atomic mass is 10.5. The summed E-state index contributed by atoms with van der Waals surface area (Å²) < 4.78 is 0. The molecule has 0 radical (unpaired) electrons. The fraction of sp³-hybridized carbons (Fsp3) is 1.00. The Balaban J connectivity index is 2.18. The molecule has 0 aromatic rings. The fourth-order valence-corrected chi connectivity index (χ4v) is 3.27. The van der Waals surface area contributed by atoms with Gasteiger partial charge >= 0.3 is 0 Å². The van der Waals surface area contributed by atoms with Crippen LogP contribution in [0.3, 0.4) is 0 Å². The van der Waals surface area contributed by atoms with Crippen molar-refractivity contribution < 1.29 is 5.11 Å². The molecule has 1 atom stereocenters. The molecule has 1 rings (SSSR count). The first-order valence-corrected chi connectivity index (χ1v) is 5.44. The zero-order valence-corrected chi connectivity index (χ0v) is 7.01. The summed E-state index contributed by atoms with van der Waals surface area (Å²) in [5.41, 5.74) is 0. The van der Waals surface area contributed by atoms with E-state index in [0.29, 0.717) is 11.9 Å². The molecule has 1 nitrogen and oxygen atoms in total. The van der Waals surface area contributed by atoms with E-state index in [1.165, 1.54) is 17.9 Å². The van der Waals surface area contributed by atoms with Crippen molar-refractivity contribution >= 4 is 23.5 Å². The molecule has 0 spiro atoms. The third-order valence-electron chi connectivity index (χ3n) is 1.29. The zero-order chi connectivity index (χ0) is 6.53. The maximum atomic E-state index is 8.78. The molecule has 0 bridgehead atoms. The van der Waals surface area contributed by atoms with Gasteiger partial charge in [-0.25, -0.2) is 0 Å². The highest BCUT2D eigenvalue weighted by molar-refractivity contribution is 8.04. The first kappa shape index (κ1) is 7.76. The number of hydrogen-bond acceptors (Lipinski definition) is 3. The molecule has 0 amide bonds. The molecular formula is C6H12OS2. The van der Waals surface area contributed by atoms with Gasteiger partial charge < -0.3 is 5.11 Å². The molecule has 3 heteroatoms. The van der Waals surface area contributed by atoms with E-state index in [2.05, 4.69) is 0 Å². The van der Waals surface area contributed by atoms with E-state index in [0.717, 1.165) is 5.75 Å². The maximum absolute atomic E-state index is 8.78. The number of aliphatic hydroxyl groups excluding tert-OH is 1. The van der Waals surface area contributed by atoms with Gasteiger partial charge in [-0.05, 0) is 17.9 Å². The van der Waals surface area contributed by atoms with Crippen LogP contribution in [-0.4, -0.2) is 34.2 Å². The second-order valence-corrected chi connectivity index (χ2v) is 4.66. The second-order valence-electron chi connectivity index (χ2n) is 2.10. The Morgan fingerprint density at radius 1 is 1.44 bits per heavy atom. The topological polar surface area (TPSA) is 20.2 Å². The number of aliphatic hydroxyl groups is 1. The SMILES string of the molecule is OCC1CSCCCS1. The van der Waals surface area contributed by atoms with E-state index in [1.807, 2.05) is 23.5 Å². The summed E-state index contributed by atoms with van der Waals surface area (Å²) in [7, 11) is 0. The minimum atomic E-state index is 0.359. The Hall–Kier alpha value is 0.660. The summed E-state index contributed by atoms with van der Waals surface area (Å²) in [5.74, 6) is 3.66. The lowest BCUT2D eigenvalue weighted by Gasteiger charge is -2.06. The van der Waals surface area contributed by atoms with Crippen LogP contribution in [0.4, 0.5) is 0 Å². The van der Waals surface area contributed by atoms with E-state index in [-0.39, 0.29) is 0 Å². The third-order valence-corrected chi connectivity index (χ3v) is 4.03. The van der Waals surface area contributed by atoms with Crippen LogP contribution < -0.4 is 0 Å². The van der Waals surface area contributed by atoms with Crippen LogP contribution in [0.5, 0.6) is 0 Å². The summed E-state index contributed by atoms with van der Waals surface area (Å²) in [6.45, 7) is 0.359. The van der Waals surface area contributed by atoms with Crippen LogP contribution in [0.25, 0.3) is 0 Å². The van der Waals surface area contributed by atoms with Crippen molar-refractivity contribution in [3.8, 4) is 0 Å². The van der Waals surface area contributed by atoms with E-state index >= 15 is 0 Å². The van der Waals surface area contributed by atoms with E-state index in [1.54, 1.807) is 0 Å². The Bertz CT molecular complexity index is 69.5. The van der Waals surface area contributed by atoms with Gasteiger partial charge in [-0.3, -0.25) is 0 Å². The van der Waals surface area contributed by atoms with Gasteiger partial charge in [0.25, 0.3) is 0 Å². The molecule has 0 saturated carbocycles. The van der Waals surface area contributed by atoms with Crippen LogP contribution in [-0.2, 0) is 0 Å². The highest BCUT2D eigenvalue weighted by atomic mass is 32.2. The predicted octanol–water partition coefficient (Wildman–Crippen LogP) is 1.22.